The number of rotatable bonds is 3. The first-order chi connectivity index (χ1) is 12.4. The van der Waals surface area contributed by atoms with Gasteiger partial charge in [-0.2, -0.15) is 0 Å². The quantitative estimate of drug-likeness (QED) is 0.204. The maximum atomic E-state index is 12.5. The van der Waals surface area contributed by atoms with Crippen LogP contribution in [0.3, 0.4) is 0 Å². The Hall–Kier alpha value is -2.60. The van der Waals surface area contributed by atoms with Crippen LogP contribution in [0.1, 0.15) is 12.6 Å². The number of thioether (sulfide) groups is 1. The Morgan fingerprint density at radius 2 is 2.31 bits per heavy atom. The summed E-state index contributed by atoms with van der Waals surface area (Å²) in [6, 6.07) is -0.835. The standard InChI is InChI=1S/C14H13N5O5S2/c1-4-5-2-25-12-8(11(21)19(12)9(5)13(22)24-4)17-10(20)7(18-23)6-3-26-14(15)16-6/h3-4,8,12,23H,2H2,1H3,(H2,15,16)(H,17,20). The summed E-state index contributed by atoms with van der Waals surface area (Å²) in [7, 11) is 0. The monoisotopic (exact) mass is 395 g/mol. The van der Waals surface area contributed by atoms with Crippen LogP contribution in [0.25, 0.3) is 0 Å². The number of oxime groups is 1. The summed E-state index contributed by atoms with van der Waals surface area (Å²) >= 11 is 2.52. The Labute approximate surface area is 155 Å². The van der Waals surface area contributed by atoms with Crippen LogP contribution in [0.4, 0.5) is 5.13 Å². The van der Waals surface area contributed by atoms with Gasteiger partial charge in [-0.05, 0) is 6.92 Å². The fourth-order valence-corrected chi connectivity index (χ4v) is 5.05. The van der Waals surface area contributed by atoms with E-state index in [2.05, 4.69) is 15.5 Å². The number of hydrogen-bond donors (Lipinski definition) is 3. The molecule has 3 atom stereocenters. The van der Waals surface area contributed by atoms with Crippen LogP contribution in [-0.2, 0) is 19.1 Å². The van der Waals surface area contributed by atoms with Crippen LogP contribution in [0.2, 0.25) is 0 Å². The minimum atomic E-state index is -0.835. The largest absolute Gasteiger partial charge is 0.453 e. The molecule has 0 bridgehead atoms. The van der Waals surface area contributed by atoms with Gasteiger partial charge in [0, 0.05) is 16.7 Å². The minimum Gasteiger partial charge on any atom is -0.453 e. The highest BCUT2D eigenvalue weighted by molar-refractivity contribution is 8.00. The van der Waals surface area contributed by atoms with Crippen LogP contribution in [0, 0.1) is 0 Å². The molecule has 136 valence electrons. The maximum Gasteiger partial charge on any atom is 0.355 e. The van der Waals surface area contributed by atoms with Gasteiger partial charge in [0.25, 0.3) is 11.8 Å². The highest BCUT2D eigenvalue weighted by Crippen LogP contribution is 2.44. The number of nitrogens with one attached hydrogen (secondary N) is 1. The lowest BCUT2D eigenvalue weighted by Gasteiger charge is -2.48. The summed E-state index contributed by atoms with van der Waals surface area (Å²) in [5, 5.41) is 15.9. The summed E-state index contributed by atoms with van der Waals surface area (Å²) < 4.78 is 5.16. The molecule has 1 aromatic heterocycles. The lowest BCUT2D eigenvalue weighted by Crippen LogP contribution is -2.70. The van der Waals surface area contributed by atoms with Crippen molar-refractivity contribution in [3.63, 3.8) is 0 Å². The zero-order chi connectivity index (χ0) is 18.6. The topological polar surface area (TPSA) is 147 Å². The molecule has 3 aliphatic rings. The van der Waals surface area contributed by atoms with Crippen molar-refractivity contribution in [2.24, 2.45) is 5.16 Å². The van der Waals surface area contributed by atoms with Crippen LogP contribution < -0.4 is 11.1 Å². The van der Waals surface area contributed by atoms with Gasteiger partial charge in [-0.15, -0.1) is 23.1 Å². The zero-order valence-corrected chi connectivity index (χ0v) is 15.0. The van der Waals surface area contributed by atoms with Gasteiger partial charge in [-0.1, -0.05) is 5.16 Å². The number of aromatic nitrogens is 1. The third-order valence-electron chi connectivity index (χ3n) is 4.33. The molecule has 0 aliphatic carbocycles. The summed E-state index contributed by atoms with van der Waals surface area (Å²) in [5.41, 5.74) is 6.36. The summed E-state index contributed by atoms with van der Waals surface area (Å²) in [4.78, 5) is 42.1. The van der Waals surface area contributed by atoms with Gasteiger partial charge in [0.05, 0.1) is 0 Å². The molecule has 1 fully saturated rings. The second-order valence-electron chi connectivity index (χ2n) is 5.80. The molecule has 3 unspecified atom stereocenters. The molecule has 0 radical (unpaired) electrons. The molecule has 1 aromatic rings. The van der Waals surface area contributed by atoms with E-state index in [0.29, 0.717) is 5.75 Å². The van der Waals surface area contributed by atoms with Gasteiger partial charge >= 0.3 is 5.97 Å². The lowest BCUT2D eigenvalue weighted by molar-refractivity contribution is -0.151. The second kappa shape index (κ2) is 5.99. The summed E-state index contributed by atoms with van der Waals surface area (Å²) in [6.45, 7) is 1.76. The molecule has 4 N–H and O–H groups in total. The van der Waals surface area contributed by atoms with Crippen molar-refractivity contribution in [2.45, 2.75) is 24.4 Å². The summed E-state index contributed by atoms with van der Waals surface area (Å²) in [6.07, 6.45) is -0.351. The molecule has 4 heterocycles. The number of fused-ring (bicyclic) bond motifs is 2. The lowest BCUT2D eigenvalue weighted by atomic mass is 10.0. The molecule has 10 nitrogen and oxygen atoms in total. The number of thiazole rings is 1. The maximum absolute atomic E-state index is 12.5. The first-order valence-corrected chi connectivity index (χ1v) is 9.48. The number of cyclic esters (lactones) is 1. The number of β-lactam (4-membered cyclic amide) rings is 1. The predicted octanol–water partition coefficient (Wildman–Crippen LogP) is -0.497. The van der Waals surface area contributed by atoms with E-state index in [-0.39, 0.29) is 28.3 Å². The Bertz CT molecular complexity index is 894. The summed E-state index contributed by atoms with van der Waals surface area (Å²) in [5.74, 6) is -1.15. The third-order valence-corrected chi connectivity index (χ3v) is 6.31. The van der Waals surface area contributed by atoms with Crippen molar-refractivity contribution in [3.05, 3.63) is 22.3 Å². The number of nitrogen functional groups attached to an aromatic ring is 1. The predicted molar refractivity (Wildman–Crippen MR) is 92.5 cm³/mol. The van der Waals surface area contributed by atoms with Crippen molar-refractivity contribution in [1.29, 1.82) is 0 Å². The van der Waals surface area contributed by atoms with Gasteiger partial charge in [0.15, 0.2) is 10.8 Å². The van der Waals surface area contributed by atoms with E-state index in [0.717, 1.165) is 16.9 Å². The number of nitrogens with two attached hydrogens (primary N) is 1. The Morgan fingerprint density at radius 1 is 1.54 bits per heavy atom. The number of nitrogens with zero attached hydrogens (tertiary/aromatic N) is 3. The number of ether oxygens (including phenoxy) is 1. The van der Waals surface area contributed by atoms with Crippen LogP contribution in [0.15, 0.2) is 21.8 Å². The second-order valence-corrected chi connectivity index (χ2v) is 7.80. The fourth-order valence-electron chi connectivity index (χ4n) is 3.05. The van der Waals surface area contributed by atoms with Crippen molar-refractivity contribution >= 4 is 51.7 Å². The SMILES string of the molecule is CC1OC(=O)C2=C1CSC1C(NC(=O)C(=NO)c3csc(N)n3)C(=O)N21. The first-order valence-electron chi connectivity index (χ1n) is 7.55. The Morgan fingerprint density at radius 3 is 2.96 bits per heavy atom. The Balaban J connectivity index is 1.51. The van der Waals surface area contributed by atoms with E-state index >= 15 is 0 Å². The molecule has 0 aromatic carbocycles. The molecular formula is C14H13N5O5S2. The van der Waals surface area contributed by atoms with E-state index in [1.807, 2.05) is 0 Å². The first kappa shape index (κ1) is 16.8. The van der Waals surface area contributed by atoms with Gasteiger partial charge in [0.1, 0.15) is 28.9 Å². The van der Waals surface area contributed by atoms with E-state index in [1.165, 1.54) is 22.0 Å². The average molecular weight is 395 g/mol. The molecule has 26 heavy (non-hydrogen) atoms. The highest BCUT2D eigenvalue weighted by atomic mass is 32.2. The van der Waals surface area contributed by atoms with Crippen molar-refractivity contribution in [2.75, 3.05) is 11.5 Å². The number of esters is 1. The number of hydrogen-bond acceptors (Lipinski definition) is 10. The smallest absolute Gasteiger partial charge is 0.355 e. The minimum absolute atomic E-state index is 0.116. The fraction of sp³-hybridized carbons (Fsp3) is 0.357. The van der Waals surface area contributed by atoms with Crippen molar-refractivity contribution in [3.8, 4) is 0 Å². The van der Waals surface area contributed by atoms with Crippen LogP contribution in [0.5, 0.6) is 0 Å². The molecule has 12 heteroatoms. The van der Waals surface area contributed by atoms with Crippen LogP contribution >= 0.6 is 23.1 Å². The highest BCUT2D eigenvalue weighted by Gasteiger charge is 2.56. The average Bonchev–Trinajstić information content (AvgIpc) is 3.15. The zero-order valence-electron chi connectivity index (χ0n) is 13.3. The molecular weight excluding hydrogens is 382 g/mol. The van der Waals surface area contributed by atoms with E-state index < -0.39 is 29.2 Å². The molecule has 3 aliphatic heterocycles. The molecule has 4 rings (SSSR count). The van der Waals surface area contributed by atoms with Crippen molar-refractivity contribution in [1.82, 2.24) is 15.2 Å². The molecule has 1 saturated heterocycles. The van der Waals surface area contributed by atoms with E-state index in [9.17, 15) is 14.4 Å². The van der Waals surface area contributed by atoms with Gasteiger partial charge < -0.3 is 21.0 Å². The van der Waals surface area contributed by atoms with Crippen LogP contribution in [-0.4, -0.2) is 61.9 Å². The Kier molecular flexibility index (Phi) is 3.88. The van der Waals surface area contributed by atoms with Gasteiger partial charge in [-0.25, -0.2) is 9.78 Å². The molecule has 0 saturated carbocycles. The molecule has 2 amide bonds. The van der Waals surface area contributed by atoms with Gasteiger partial charge in [0.2, 0.25) is 0 Å². The number of carbonyl (C=O) groups excluding carboxylic acids is 3. The number of anilines is 1. The van der Waals surface area contributed by atoms with E-state index in [1.54, 1.807) is 6.92 Å². The third kappa shape index (κ3) is 2.36. The number of amides is 2. The normalized spacial score (nSPS) is 27.7. The van der Waals surface area contributed by atoms with E-state index in [4.69, 9.17) is 15.7 Å². The van der Waals surface area contributed by atoms with Gasteiger partial charge in [-0.3, -0.25) is 14.5 Å². The molecule has 0 spiro atoms. The number of carbonyl (C=O) groups is 3. The van der Waals surface area contributed by atoms with Crippen molar-refractivity contribution < 1.29 is 24.3 Å².